The summed E-state index contributed by atoms with van der Waals surface area (Å²) >= 11 is 6.97. The summed E-state index contributed by atoms with van der Waals surface area (Å²) in [6, 6.07) is 0.215. The molecular weight excluding hydrogens is 254 g/mol. The summed E-state index contributed by atoms with van der Waals surface area (Å²) in [4.78, 5) is 6.40. The van der Waals surface area contributed by atoms with E-state index < -0.39 is 0 Å². The topological polar surface area (TPSA) is 37.4 Å². The van der Waals surface area contributed by atoms with Crippen LogP contribution in [-0.4, -0.2) is 41.8 Å². The third-order valence-corrected chi connectivity index (χ3v) is 3.45. The predicted molar refractivity (Wildman–Crippen MR) is 75.4 cm³/mol. The zero-order valence-corrected chi connectivity index (χ0v) is 12.3. The molecule has 0 radical (unpaired) electrons. The quantitative estimate of drug-likeness (QED) is 0.828. The van der Waals surface area contributed by atoms with Crippen molar-refractivity contribution in [1.29, 1.82) is 0 Å². The van der Waals surface area contributed by atoms with Gasteiger partial charge in [-0.25, -0.2) is 4.98 Å². The highest BCUT2D eigenvalue weighted by atomic mass is 32.1. The first-order valence-corrected chi connectivity index (χ1v) is 6.73. The lowest BCUT2D eigenvalue weighted by Crippen LogP contribution is -2.43. The standard InChI is InChI=1S/C11H19N3OS2/c1-8(6-15-4)12-11(16)14(3)5-10-7-17-9(2)13-10/h7-8H,5-6H2,1-4H3,(H,12,16). The number of hydrogen-bond acceptors (Lipinski definition) is 4. The third-order valence-electron chi connectivity index (χ3n) is 2.20. The highest BCUT2D eigenvalue weighted by Gasteiger charge is 2.09. The molecule has 1 rings (SSSR count). The molecule has 96 valence electrons. The van der Waals surface area contributed by atoms with Gasteiger partial charge >= 0.3 is 0 Å². The molecule has 0 saturated carbocycles. The van der Waals surface area contributed by atoms with Gasteiger partial charge in [0.15, 0.2) is 5.11 Å². The molecule has 1 atom stereocenters. The molecule has 1 aromatic rings. The molecule has 17 heavy (non-hydrogen) atoms. The maximum absolute atomic E-state index is 5.31. The number of rotatable bonds is 5. The lowest BCUT2D eigenvalue weighted by molar-refractivity contribution is 0.178. The highest BCUT2D eigenvalue weighted by Crippen LogP contribution is 2.09. The van der Waals surface area contributed by atoms with Crippen LogP contribution in [0.1, 0.15) is 17.6 Å². The van der Waals surface area contributed by atoms with E-state index in [1.807, 2.05) is 25.8 Å². The second kappa shape index (κ2) is 6.88. The van der Waals surface area contributed by atoms with Gasteiger partial charge in [-0.1, -0.05) is 0 Å². The molecular formula is C11H19N3OS2. The average Bonchev–Trinajstić information content (AvgIpc) is 2.64. The lowest BCUT2D eigenvalue weighted by atomic mass is 10.4. The maximum atomic E-state index is 5.31. The van der Waals surface area contributed by atoms with Gasteiger partial charge in [0.05, 0.1) is 23.9 Å². The van der Waals surface area contributed by atoms with Crippen LogP contribution in [0.15, 0.2) is 5.38 Å². The highest BCUT2D eigenvalue weighted by molar-refractivity contribution is 7.80. The zero-order chi connectivity index (χ0) is 12.8. The number of nitrogens with zero attached hydrogens (tertiary/aromatic N) is 2. The molecule has 0 amide bonds. The van der Waals surface area contributed by atoms with Crippen molar-refractivity contribution < 1.29 is 4.74 Å². The van der Waals surface area contributed by atoms with Gasteiger partial charge < -0.3 is 15.0 Å². The SMILES string of the molecule is COCC(C)NC(=S)N(C)Cc1csc(C)n1. The Labute approximate surface area is 112 Å². The van der Waals surface area contributed by atoms with Crippen molar-refractivity contribution in [3.63, 3.8) is 0 Å². The van der Waals surface area contributed by atoms with Crippen LogP contribution in [0.2, 0.25) is 0 Å². The number of thiocarbonyl (C=S) groups is 1. The molecule has 0 aliphatic rings. The fourth-order valence-corrected chi connectivity index (χ4v) is 2.28. The third kappa shape index (κ3) is 4.97. The summed E-state index contributed by atoms with van der Waals surface area (Å²) in [5.74, 6) is 0. The van der Waals surface area contributed by atoms with Gasteiger partial charge in [-0.05, 0) is 26.1 Å². The van der Waals surface area contributed by atoms with Gasteiger partial charge in [-0.3, -0.25) is 0 Å². The minimum absolute atomic E-state index is 0.215. The summed E-state index contributed by atoms with van der Waals surface area (Å²) in [6.45, 7) is 5.42. The Balaban J connectivity index is 2.41. The van der Waals surface area contributed by atoms with Crippen molar-refractivity contribution in [1.82, 2.24) is 15.2 Å². The van der Waals surface area contributed by atoms with E-state index in [0.29, 0.717) is 6.61 Å². The second-order valence-electron chi connectivity index (χ2n) is 4.02. The molecule has 6 heteroatoms. The summed E-state index contributed by atoms with van der Waals surface area (Å²) in [5.41, 5.74) is 1.05. The fourth-order valence-electron chi connectivity index (χ4n) is 1.41. The van der Waals surface area contributed by atoms with Gasteiger partial charge in [0.2, 0.25) is 0 Å². The molecule has 1 aromatic heterocycles. The van der Waals surface area contributed by atoms with Gasteiger partial charge in [-0.2, -0.15) is 0 Å². The Kier molecular flexibility index (Phi) is 5.80. The number of thiazole rings is 1. The average molecular weight is 273 g/mol. The van der Waals surface area contributed by atoms with Crippen molar-refractivity contribution in [2.75, 3.05) is 20.8 Å². The lowest BCUT2D eigenvalue weighted by Gasteiger charge is -2.23. The molecule has 1 unspecified atom stereocenters. The normalized spacial score (nSPS) is 12.2. The Morgan fingerprint density at radius 1 is 1.71 bits per heavy atom. The Bertz CT molecular complexity index is 367. The molecule has 0 spiro atoms. The predicted octanol–water partition coefficient (Wildman–Crippen LogP) is 1.79. The van der Waals surface area contributed by atoms with Gasteiger partial charge in [0.1, 0.15) is 0 Å². The van der Waals surface area contributed by atoms with Crippen molar-refractivity contribution in [2.24, 2.45) is 0 Å². The Morgan fingerprint density at radius 3 is 2.94 bits per heavy atom. The first-order chi connectivity index (χ1) is 8.02. The van der Waals surface area contributed by atoms with Crippen LogP contribution in [0.5, 0.6) is 0 Å². The van der Waals surface area contributed by atoms with E-state index in [4.69, 9.17) is 17.0 Å². The zero-order valence-electron chi connectivity index (χ0n) is 10.7. The van der Waals surface area contributed by atoms with Gasteiger partial charge in [0, 0.05) is 25.6 Å². The monoisotopic (exact) mass is 273 g/mol. The Hall–Kier alpha value is -0.720. The minimum atomic E-state index is 0.215. The smallest absolute Gasteiger partial charge is 0.169 e. The largest absolute Gasteiger partial charge is 0.383 e. The van der Waals surface area contributed by atoms with Crippen LogP contribution in [-0.2, 0) is 11.3 Å². The summed E-state index contributed by atoms with van der Waals surface area (Å²) in [7, 11) is 3.65. The van der Waals surface area contributed by atoms with E-state index in [9.17, 15) is 0 Å². The summed E-state index contributed by atoms with van der Waals surface area (Å²) in [6.07, 6.45) is 0. The molecule has 0 aromatic carbocycles. The van der Waals surface area contributed by atoms with Crippen molar-refractivity contribution in [2.45, 2.75) is 26.4 Å². The van der Waals surface area contributed by atoms with Gasteiger partial charge in [-0.15, -0.1) is 11.3 Å². The summed E-state index contributed by atoms with van der Waals surface area (Å²) in [5, 5.41) is 7.08. The molecule has 1 heterocycles. The first-order valence-electron chi connectivity index (χ1n) is 5.44. The number of ether oxygens (including phenoxy) is 1. The van der Waals surface area contributed by atoms with E-state index in [2.05, 4.69) is 15.7 Å². The second-order valence-corrected chi connectivity index (χ2v) is 5.47. The van der Waals surface area contributed by atoms with Gasteiger partial charge in [0.25, 0.3) is 0 Å². The van der Waals surface area contributed by atoms with Crippen LogP contribution in [0.4, 0.5) is 0 Å². The van der Waals surface area contributed by atoms with E-state index in [1.165, 1.54) is 0 Å². The van der Waals surface area contributed by atoms with Crippen molar-refractivity contribution in [3.8, 4) is 0 Å². The first kappa shape index (κ1) is 14.3. The van der Waals surface area contributed by atoms with Crippen LogP contribution in [0, 0.1) is 6.92 Å². The minimum Gasteiger partial charge on any atom is -0.383 e. The molecule has 0 fully saturated rings. The van der Waals surface area contributed by atoms with E-state index in [0.717, 1.165) is 22.4 Å². The van der Waals surface area contributed by atoms with E-state index in [-0.39, 0.29) is 6.04 Å². The molecule has 4 nitrogen and oxygen atoms in total. The summed E-state index contributed by atoms with van der Waals surface area (Å²) < 4.78 is 5.05. The fraction of sp³-hybridized carbons (Fsp3) is 0.636. The Morgan fingerprint density at radius 2 is 2.41 bits per heavy atom. The van der Waals surface area contributed by atoms with E-state index >= 15 is 0 Å². The molecule has 1 N–H and O–H groups in total. The van der Waals surface area contributed by atoms with Crippen molar-refractivity contribution in [3.05, 3.63) is 16.1 Å². The van der Waals surface area contributed by atoms with Crippen molar-refractivity contribution >= 4 is 28.7 Å². The van der Waals surface area contributed by atoms with E-state index in [1.54, 1.807) is 18.4 Å². The molecule has 0 aliphatic carbocycles. The number of hydrogen-bond donors (Lipinski definition) is 1. The maximum Gasteiger partial charge on any atom is 0.169 e. The molecule has 0 saturated heterocycles. The van der Waals surface area contributed by atoms with Crippen LogP contribution >= 0.6 is 23.6 Å². The van der Waals surface area contributed by atoms with Crippen LogP contribution < -0.4 is 5.32 Å². The number of aromatic nitrogens is 1. The number of aryl methyl sites for hydroxylation is 1. The number of nitrogens with one attached hydrogen (secondary N) is 1. The van der Waals surface area contributed by atoms with Crippen LogP contribution in [0.3, 0.4) is 0 Å². The number of methoxy groups -OCH3 is 1. The van der Waals surface area contributed by atoms with Crippen LogP contribution in [0.25, 0.3) is 0 Å². The molecule has 0 aliphatic heterocycles. The molecule has 0 bridgehead atoms.